The number of rotatable bonds is 7. The first kappa shape index (κ1) is 19.4. The van der Waals surface area contributed by atoms with Crippen molar-refractivity contribution < 1.29 is 23.5 Å². The molecule has 0 aliphatic rings. The predicted octanol–water partition coefficient (Wildman–Crippen LogP) is 2.80. The summed E-state index contributed by atoms with van der Waals surface area (Å²) in [7, 11) is 0. The molecule has 0 radical (unpaired) electrons. The lowest BCUT2D eigenvalue weighted by Crippen LogP contribution is -2.32. The second-order valence-corrected chi connectivity index (χ2v) is 6.14. The monoisotopic (exact) mass is 401 g/mol. The molecule has 144 valence electrons. The fourth-order valence-electron chi connectivity index (χ4n) is 2.35. The summed E-state index contributed by atoms with van der Waals surface area (Å²) >= 11 is 5.78. The number of benzene rings is 2. The van der Waals surface area contributed by atoms with E-state index in [1.165, 1.54) is 0 Å². The molecule has 0 bridgehead atoms. The Morgan fingerprint density at radius 2 is 1.82 bits per heavy atom. The molecule has 1 N–H and O–H groups in total. The summed E-state index contributed by atoms with van der Waals surface area (Å²) in [6.45, 7) is -0.0404. The fraction of sp³-hybridized carbons (Fsp3) is 0.150. The molecule has 8 heteroatoms. The van der Waals surface area contributed by atoms with Crippen LogP contribution in [0, 0.1) is 0 Å². The van der Waals surface area contributed by atoms with Crippen LogP contribution in [0.2, 0.25) is 5.02 Å². The van der Waals surface area contributed by atoms with Crippen LogP contribution >= 0.6 is 11.6 Å². The Kier molecular flexibility index (Phi) is 6.29. The smallest absolute Gasteiger partial charge is 0.374 e. The van der Waals surface area contributed by atoms with Crippen LogP contribution in [0.4, 0.5) is 0 Å². The first-order valence-corrected chi connectivity index (χ1v) is 8.76. The minimum Gasteiger partial charge on any atom is -0.492 e. The lowest BCUT2D eigenvalue weighted by Gasteiger charge is -2.08. The van der Waals surface area contributed by atoms with E-state index in [0.717, 1.165) is 6.07 Å². The number of halogens is 1. The molecule has 1 aromatic heterocycles. The highest BCUT2D eigenvalue weighted by Crippen LogP contribution is 2.15. The van der Waals surface area contributed by atoms with Crippen LogP contribution in [0.5, 0.6) is 5.75 Å². The standard InChI is InChI=1S/C20H16ClNO6/c21-13-5-7-14(8-6-13)26-10-9-22-19(24)12-27-20(25)18-11-16(23)15-3-1-2-4-17(15)28-18/h1-8,11H,9-10,12H2,(H,22,24). The van der Waals surface area contributed by atoms with Gasteiger partial charge in [0.05, 0.1) is 11.9 Å². The average Bonchev–Trinajstić information content (AvgIpc) is 2.70. The van der Waals surface area contributed by atoms with E-state index in [2.05, 4.69) is 5.32 Å². The van der Waals surface area contributed by atoms with E-state index >= 15 is 0 Å². The summed E-state index contributed by atoms with van der Waals surface area (Å²) in [5.41, 5.74) is -0.0941. The van der Waals surface area contributed by atoms with Gasteiger partial charge in [-0.3, -0.25) is 9.59 Å². The van der Waals surface area contributed by atoms with Crippen molar-refractivity contribution in [1.82, 2.24) is 5.32 Å². The molecule has 1 amide bonds. The first-order valence-electron chi connectivity index (χ1n) is 8.38. The highest BCUT2D eigenvalue weighted by molar-refractivity contribution is 6.30. The van der Waals surface area contributed by atoms with E-state index in [1.54, 1.807) is 48.5 Å². The molecule has 0 fully saturated rings. The zero-order valence-corrected chi connectivity index (χ0v) is 15.4. The second-order valence-electron chi connectivity index (χ2n) is 5.70. The van der Waals surface area contributed by atoms with Gasteiger partial charge in [-0.1, -0.05) is 23.7 Å². The van der Waals surface area contributed by atoms with E-state index in [-0.39, 0.29) is 29.9 Å². The third-order valence-corrected chi connectivity index (χ3v) is 3.93. The molecule has 1 heterocycles. The SMILES string of the molecule is O=C(COC(=O)c1cc(=O)c2ccccc2o1)NCCOc1ccc(Cl)cc1. The number of carbonyl (C=O) groups is 2. The van der Waals surface area contributed by atoms with Crippen molar-refractivity contribution >= 4 is 34.4 Å². The Balaban J connectivity index is 1.44. The molecule has 3 rings (SSSR count). The third-order valence-electron chi connectivity index (χ3n) is 3.68. The van der Waals surface area contributed by atoms with Gasteiger partial charge in [0, 0.05) is 11.1 Å². The Labute approximate surface area is 164 Å². The van der Waals surface area contributed by atoms with E-state index in [0.29, 0.717) is 16.2 Å². The molecule has 0 saturated carbocycles. The van der Waals surface area contributed by atoms with Gasteiger partial charge in [-0.15, -0.1) is 0 Å². The number of amides is 1. The zero-order chi connectivity index (χ0) is 19.9. The summed E-state index contributed by atoms with van der Waals surface area (Å²) in [4.78, 5) is 35.8. The number of carbonyl (C=O) groups excluding carboxylic acids is 2. The van der Waals surface area contributed by atoms with Gasteiger partial charge in [-0.25, -0.2) is 4.79 Å². The van der Waals surface area contributed by atoms with Gasteiger partial charge < -0.3 is 19.2 Å². The van der Waals surface area contributed by atoms with Gasteiger partial charge in [-0.05, 0) is 36.4 Å². The number of nitrogens with one attached hydrogen (secondary N) is 1. The number of fused-ring (bicyclic) bond motifs is 1. The van der Waals surface area contributed by atoms with Gasteiger partial charge in [0.2, 0.25) is 5.76 Å². The van der Waals surface area contributed by atoms with Crippen LogP contribution < -0.4 is 15.5 Å². The van der Waals surface area contributed by atoms with E-state index in [9.17, 15) is 14.4 Å². The molecule has 28 heavy (non-hydrogen) atoms. The van der Waals surface area contributed by atoms with Crippen molar-refractivity contribution in [3.63, 3.8) is 0 Å². The number of esters is 1. The fourth-order valence-corrected chi connectivity index (χ4v) is 2.47. The Bertz CT molecular complexity index is 1040. The number of hydrogen-bond donors (Lipinski definition) is 1. The van der Waals surface area contributed by atoms with Crippen LogP contribution in [-0.4, -0.2) is 31.6 Å². The van der Waals surface area contributed by atoms with Crippen LogP contribution in [0.25, 0.3) is 11.0 Å². The molecule has 0 aliphatic heterocycles. The van der Waals surface area contributed by atoms with Crippen molar-refractivity contribution in [2.24, 2.45) is 0 Å². The largest absolute Gasteiger partial charge is 0.492 e. The average molecular weight is 402 g/mol. The quantitative estimate of drug-likeness (QED) is 0.483. The Morgan fingerprint density at radius 3 is 2.61 bits per heavy atom. The highest BCUT2D eigenvalue weighted by atomic mass is 35.5. The summed E-state index contributed by atoms with van der Waals surface area (Å²) in [6.07, 6.45) is 0. The maximum absolute atomic E-state index is 12.0. The van der Waals surface area contributed by atoms with E-state index in [4.69, 9.17) is 25.5 Å². The van der Waals surface area contributed by atoms with Crippen LogP contribution in [-0.2, 0) is 9.53 Å². The molecule has 0 aliphatic carbocycles. The van der Waals surface area contributed by atoms with E-state index in [1.807, 2.05) is 0 Å². The van der Waals surface area contributed by atoms with Crippen molar-refractivity contribution in [2.45, 2.75) is 0 Å². The number of ether oxygens (including phenoxy) is 2. The highest BCUT2D eigenvalue weighted by Gasteiger charge is 2.15. The Hall–Kier alpha value is -3.32. The minimum atomic E-state index is -0.893. The minimum absolute atomic E-state index is 0.226. The lowest BCUT2D eigenvalue weighted by molar-refractivity contribution is -0.124. The molecule has 2 aromatic carbocycles. The number of hydrogen-bond acceptors (Lipinski definition) is 6. The van der Waals surface area contributed by atoms with Crippen LogP contribution in [0.3, 0.4) is 0 Å². The molecular formula is C20H16ClNO6. The molecule has 0 unspecified atom stereocenters. The number of para-hydroxylation sites is 1. The Morgan fingerprint density at radius 1 is 1.07 bits per heavy atom. The van der Waals surface area contributed by atoms with Gasteiger partial charge in [-0.2, -0.15) is 0 Å². The zero-order valence-electron chi connectivity index (χ0n) is 14.6. The van der Waals surface area contributed by atoms with Gasteiger partial charge >= 0.3 is 5.97 Å². The lowest BCUT2D eigenvalue weighted by atomic mass is 10.2. The van der Waals surface area contributed by atoms with Crippen LogP contribution in [0.15, 0.2) is 63.8 Å². The maximum Gasteiger partial charge on any atom is 0.374 e. The normalized spacial score (nSPS) is 10.5. The summed E-state index contributed by atoms with van der Waals surface area (Å²) in [5, 5.41) is 3.51. The summed E-state index contributed by atoms with van der Waals surface area (Å²) in [6, 6.07) is 14.4. The molecule has 0 atom stereocenters. The van der Waals surface area contributed by atoms with Crippen molar-refractivity contribution in [2.75, 3.05) is 19.8 Å². The predicted molar refractivity (Wildman–Crippen MR) is 103 cm³/mol. The molecule has 0 spiro atoms. The summed E-state index contributed by atoms with van der Waals surface area (Å²) < 4.78 is 15.7. The molecule has 7 nitrogen and oxygen atoms in total. The third kappa shape index (κ3) is 5.11. The van der Waals surface area contributed by atoms with Crippen LogP contribution in [0.1, 0.15) is 10.6 Å². The van der Waals surface area contributed by atoms with E-state index < -0.39 is 18.5 Å². The molecule has 0 saturated heterocycles. The topological polar surface area (TPSA) is 94.8 Å². The maximum atomic E-state index is 12.0. The van der Waals surface area contributed by atoms with Crippen molar-refractivity contribution in [3.8, 4) is 5.75 Å². The van der Waals surface area contributed by atoms with Gasteiger partial charge in [0.1, 0.15) is 17.9 Å². The molecular weight excluding hydrogens is 386 g/mol. The first-order chi connectivity index (χ1) is 13.5. The van der Waals surface area contributed by atoms with Crippen molar-refractivity contribution in [1.29, 1.82) is 0 Å². The summed E-state index contributed by atoms with van der Waals surface area (Å²) in [5.74, 6) is -1.04. The second kappa shape index (κ2) is 9.05. The molecule has 3 aromatic rings. The van der Waals surface area contributed by atoms with Gasteiger partial charge in [0.25, 0.3) is 5.91 Å². The van der Waals surface area contributed by atoms with Crippen molar-refractivity contribution in [3.05, 3.63) is 75.6 Å². The van der Waals surface area contributed by atoms with Gasteiger partial charge in [0.15, 0.2) is 12.0 Å².